The van der Waals surface area contributed by atoms with Crippen molar-refractivity contribution in [2.24, 2.45) is 0 Å². The molecule has 0 aliphatic carbocycles. The van der Waals surface area contributed by atoms with Crippen LogP contribution in [0.25, 0.3) is 0 Å². The van der Waals surface area contributed by atoms with Gasteiger partial charge in [-0.25, -0.2) is 4.79 Å². The molecule has 2 aromatic carbocycles. The van der Waals surface area contributed by atoms with Gasteiger partial charge >= 0.3 is 5.97 Å². The summed E-state index contributed by atoms with van der Waals surface area (Å²) < 4.78 is 11.1. The average Bonchev–Trinajstić information content (AvgIpc) is 2.56. The molecule has 0 saturated carbocycles. The van der Waals surface area contributed by atoms with Crippen molar-refractivity contribution in [2.75, 3.05) is 19.5 Å². The van der Waals surface area contributed by atoms with Crippen LogP contribution in [0.3, 0.4) is 0 Å². The molecule has 0 spiro atoms. The van der Waals surface area contributed by atoms with Crippen LogP contribution in [0.1, 0.15) is 20.7 Å². The molecule has 1 N–H and O–H groups in total. The molecular formula is C16H13Br2NO4. The molecule has 2 rings (SSSR count). The van der Waals surface area contributed by atoms with Gasteiger partial charge in [-0.1, -0.05) is 22.0 Å². The fourth-order valence-electron chi connectivity index (χ4n) is 1.92. The van der Waals surface area contributed by atoms with Crippen LogP contribution in [0.2, 0.25) is 0 Å². The van der Waals surface area contributed by atoms with Gasteiger partial charge in [-0.15, -0.1) is 0 Å². The summed E-state index contributed by atoms with van der Waals surface area (Å²) in [5.74, 6) is -0.342. The standard InChI is InChI=1S/C16H13Br2NO4/c1-22-11-5-3-4-9(6-11)15(20)19-14-12(16(21)23-2)7-10(17)8-13(14)18/h3-8H,1-2H3,(H,19,20). The maximum Gasteiger partial charge on any atom is 0.340 e. The van der Waals surface area contributed by atoms with Crippen molar-refractivity contribution in [3.05, 3.63) is 56.5 Å². The molecule has 0 unspecified atom stereocenters. The Hall–Kier alpha value is -1.86. The first-order valence-corrected chi connectivity index (χ1v) is 8.07. The van der Waals surface area contributed by atoms with Crippen molar-refractivity contribution in [3.63, 3.8) is 0 Å². The van der Waals surface area contributed by atoms with Crippen LogP contribution in [0, 0.1) is 0 Å². The number of hydrogen-bond acceptors (Lipinski definition) is 4. The predicted octanol–water partition coefficient (Wildman–Crippen LogP) is 4.26. The van der Waals surface area contributed by atoms with Crippen LogP contribution >= 0.6 is 31.9 Å². The smallest absolute Gasteiger partial charge is 0.340 e. The average molecular weight is 443 g/mol. The number of anilines is 1. The molecule has 7 heteroatoms. The zero-order chi connectivity index (χ0) is 17.0. The van der Waals surface area contributed by atoms with Gasteiger partial charge in [0.1, 0.15) is 5.75 Å². The summed E-state index contributed by atoms with van der Waals surface area (Å²) in [4.78, 5) is 24.4. The van der Waals surface area contributed by atoms with Gasteiger partial charge in [0.05, 0.1) is 25.5 Å². The zero-order valence-corrected chi connectivity index (χ0v) is 15.5. The topological polar surface area (TPSA) is 64.6 Å². The van der Waals surface area contributed by atoms with Crippen LogP contribution in [0.15, 0.2) is 45.3 Å². The van der Waals surface area contributed by atoms with E-state index in [1.54, 1.807) is 36.4 Å². The first-order valence-electron chi connectivity index (χ1n) is 6.49. The second kappa shape index (κ2) is 7.61. The van der Waals surface area contributed by atoms with Crippen molar-refractivity contribution >= 4 is 49.4 Å². The molecule has 0 aliphatic rings. The Morgan fingerprint density at radius 1 is 1.09 bits per heavy atom. The number of rotatable bonds is 4. The molecule has 5 nitrogen and oxygen atoms in total. The van der Waals surface area contributed by atoms with Crippen LogP contribution in [0.5, 0.6) is 5.75 Å². The number of hydrogen-bond donors (Lipinski definition) is 1. The minimum Gasteiger partial charge on any atom is -0.497 e. The van der Waals surface area contributed by atoms with Gasteiger partial charge in [0.25, 0.3) is 5.91 Å². The fourth-order valence-corrected chi connectivity index (χ4v) is 3.25. The van der Waals surface area contributed by atoms with E-state index in [0.717, 1.165) is 0 Å². The lowest BCUT2D eigenvalue weighted by Gasteiger charge is -2.13. The summed E-state index contributed by atoms with van der Waals surface area (Å²) in [5, 5.41) is 2.73. The number of halogens is 2. The van der Waals surface area contributed by atoms with Gasteiger partial charge in [0.2, 0.25) is 0 Å². The van der Waals surface area contributed by atoms with E-state index in [9.17, 15) is 9.59 Å². The Bertz CT molecular complexity index is 762. The van der Waals surface area contributed by atoms with E-state index in [1.165, 1.54) is 14.2 Å². The van der Waals surface area contributed by atoms with Crippen molar-refractivity contribution in [3.8, 4) is 5.75 Å². The first kappa shape index (κ1) is 17.5. The zero-order valence-electron chi connectivity index (χ0n) is 12.4. The summed E-state index contributed by atoms with van der Waals surface area (Å²) in [6.45, 7) is 0. The maximum absolute atomic E-state index is 12.4. The summed E-state index contributed by atoms with van der Waals surface area (Å²) in [5.41, 5.74) is 0.993. The van der Waals surface area contributed by atoms with E-state index in [2.05, 4.69) is 37.2 Å². The third-order valence-corrected chi connectivity index (χ3v) is 4.11. The molecule has 0 atom stereocenters. The highest BCUT2D eigenvalue weighted by Gasteiger charge is 2.19. The van der Waals surface area contributed by atoms with Gasteiger partial charge in [-0.2, -0.15) is 0 Å². The van der Waals surface area contributed by atoms with E-state index in [-0.39, 0.29) is 11.5 Å². The van der Waals surface area contributed by atoms with Crippen LogP contribution < -0.4 is 10.1 Å². The minimum atomic E-state index is -0.548. The largest absolute Gasteiger partial charge is 0.497 e. The summed E-state index contributed by atoms with van der Waals surface area (Å²) >= 11 is 6.66. The third kappa shape index (κ3) is 4.11. The molecule has 120 valence electrons. The summed E-state index contributed by atoms with van der Waals surface area (Å²) in [7, 11) is 2.81. The van der Waals surface area contributed by atoms with Crippen LogP contribution in [-0.2, 0) is 4.74 Å². The lowest BCUT2D eigenvalue weighted by atomic mass is 10.1. The Morgan fingerprint density at radius 2 is 1.83 bits per heavy atom. The van der Waals surface area contributed by atoms with Gasteiger partial charge in [-0.3, -0.25) is 4.79 Å². The van der Waals surface area contributed by atoms with Gasteiger partial charge in [-0.05, 0) is 46.3 Å². The number of esters is 1. The van der Waals surface area contributed by atoms with Crippen molar-refractivity contribution in [1.29, 1.82) is 0 Å². The molecule has 2 aromatic rings. The molecule has 1 amide bonds. The Balaban J connectivity index is 2.39. The van der Waals surface area contributed by atoms with E-state index in [1.807, 2.05) is 0 Å². The van der Waals surface area contributed by atoms with Gasteiger partial charge in [0, 0.05) is 14.5 Å². The lowest BCUT2D eigenvalue weighted by molar-refractivity contribution is 0.0602. The number of nitrogens with one attached hydrogen (secondary N) is 1. The highest BCUT2D eigenvalue weighted by molar-refractivity contribution is 9.11. The predicted molar refractivity (Wildman–Crippen MR) is 94.1 cm³/mol. The quantitative estimate of drug-likeness (QED) is 0.718. The number of ether oxygens (including phenoxy) is 2. The monoisotopic (exact) mass is 441 g/mol. The van der Waals surface area contributed by atoms with Crippen molar-refractivity contribution < 1.29 is 19.1 Å². The van der Waals surface area contributed by atoms with E-state index >= 15 is 0 Å². The van der Waals surface area contributed by atoms with Crippen molar-refractivity contribution in [1.82, 2.24) is 0 Å². The lowest BCUT2D eigenvalue weighted by Crippen LogP contribution is -2.16. The number of benzene rings is 2. The molecule has 0 aliphatic heterocycles. The maximum atomic E-state index is 12.4. The van der Waals surface area contributed by atoms with E-state index < -0.39 is 5.97 Å². The molecular weight excluding hydrogens is 430 g/mol. The Kier molecular flexibility index (Phi) is 5.79. The molecule has 0 aromatic heterocycles. The number of methoxy groups -OCH3 is 2. The molecule has 0 radical (unpaired) electrons. The highest BCUT2D eigenvalue weighted by Crippen LogP contribution is 2.32. The Labute approximate surface area is 150 Å². The van der Waals surface area contributed by atoms with Gasteiger partial charge in [0.15, 0.2) is 0 Å². The number of amides is 1. The normalized spacial score (nSPS) is 10.1. The molecule has 23 heavy (non-hydrogen) atoms. The van der Waals surface area contributed by atoms with Gasteiger partial charge < -0.3 is 14.8 Å². The van der Waals surface area contributed by atoms with Crippen molar-refractivity contribution in [2.45, 2.75) is 0 Å². The number of carbonyl (C=O) groups excluding carboxylic acids is 2. The first-order chi connectivity index (χ1) is 11.0. The molecule has 0 saturated heterocycles. The Morgan fingerprint density at radius 3 is 2.48 bits per heavy atom. The highest BCUT2D eigenvalue weighted by atomic mass is 79.9. The molecule has 0 heterocycles. The second-order valence-corrected chi connectivity index (χ2v) is 6.26. The van der Waals surface area contributed by atoms with E-state index in [4.69, 9.17) is 9.47 Å². The van der Waals surface area contributed by atoms with Crippen LogP contribution in [-0.4, -0.2) is 26.1 Å². The molecule has 0 fully saturated rings. The summed E-state index contributed by atoms with van der Waals surface area (Å²) in [6, 6.07) is 10.0. The second-order valence-electron chi connectivity index (χ2n) is 4.49. The van der Waals surface area contributed by atoms with Crippen LogP contribution in [0.4, 0.5) is 5.69 Å². The van der Waals surface area contributed by atoms with E-state index in [0.29, 0.717) is 25.9 Å². The third-order valence-electron chi connectivity index (χ3n) is 3.03. The molecule has 0 bridgehead atoms. The summed E-state index contributed by atoms with van der Waals surface area (Å²) in [6.07, 6.45) is 0. The number of carbonyl (C=O) groups is 2. The minimum absolute atomic E-state index is 0.241. The SMILES string of the molecule is COC(=O)c1cc(Br)cc(Br)c1NC(=O)c1cccc(OC)c1. The fraction of sp³-hybridized carbons (Fsp3) is 0.125.